The molecule has 96 valence electrons. The molecule has 2 heterocycles. The van der Waals surface area contributed by atoms with Gasteiger partial charge in [0, 0.05) is 38.1 Å². The molecule has 2 saturated heterocycles. The van der Waals surface area contributed by atoms with E-state index < -0.39 is 0 Å². The van der Waals surface area contributed by atoms with E-state index in [4.69, 9.17) is 0 Å². The zero-order chi connectivity index (χ0) is 12.4. The van der Waals surface area contributed by atoms with Crippen molar-refractivity contribution in [2.75, 3.05) is 26.2 Å². The average Bonchev–Trinajstić information content (AvgIpc) is 2.62. The molecule has 0 radical (unpaired) electrons. The lowest BCUT2D eigenvalue weighted by atomic mass is 10.1. The summed E-state index contributed by atoms with van der Waals surface area (Å²) in [7, 11) is 0. The molecule has 5 nitrogen and oxygen atoms in total. The average molecular weight is 239 g/mol. The van der Waals surface area contributed by atoms with Crippen LogP contribution in [0.3, 0.4) is 0 Å². The second kappa shape index (κ2) is 5.14. The van der Waals surface area contributed by atoms with E-state index in [0.29, 0.717) is 31.6 Å². The zero-order valence-electron chi connectivity index (χ0n) is 10.6. The van der Waals surface area contributed by atoms with Gasteiger partial charge in [-0.1, -0.05) is 0 Å². The highest BCUT2D eigenvalue weighted by molar-refractivity contribution is 5.97. The van der Waals surface area contributed by atoms with E-state index in [1.54, 1.807) is 0 Å². The number of nitrogens with zero attached hydrogens (tertiary/aromatic N) is 2. The van der Waals surface area contributed by atoms with Crippen LogP contribution in [-0.4, -0.2) is 59.9 Å². The molecule has 2 fully saturated rings. The highest BCUT2D eigenvalue weighted by Crippen LogP contribution is 2.11. The Labute approximate surface area is 102 Å². The summed E-state index contributed by atoms with van der Waals surface area (Å²) in [5, 5.41) is 3.43. The third-order valence-corrected chi connectivity index (χ3v) is 3.37. The third kappa shape index (κ3) is 3.04. The molecule has 2 amide bonds. The molecule has 2 aliphatic heterocycles. The highest BCUT2D eigenvalue weighted by Gasteiger charge is 2.29. The minimum absolute atomic E-state index is 0.00812. The lowest BCUT2D eigenvalue weighted by Crippen LogP contribution is -2.56. The Morgan fingerprint density at radius 3 is 2.53 bits per heavy atom. The van der Waals surface area contributed by atoms with Crippen molar-refractivity contribution in [3.8, 4) is 0 Å². The number of carbonyl (C=O) groups excluding carboxylic acids is 2. The summed E-state index contributed by atoms with van der Waals surface area (Å²) in [5.74, 6) is -0.0416. The Kier molecular flexibility index (Phi) is 3.79. The van der Waals surface area contributed by atoms with Crippen LogP contribution >= 0.6 is 0 Å². The molecule has 0 aromatic carbocycles. The predicted octanol–water partition coefficient (Wildman–Crippen LogP) is -0.182. The maximum atomic E-state index is 12.0. The summed E-state index contributed by atoms with van der Waals surface area (Å²) in [5.41, 5.74) is 0. The lowest BCUT2D eigenvalue weighted by molar-refractivity contribution is -0.142. The first-order chi connectivity index (χ1) is 8.06. The largest absolute Gasteiger partial charge is 0.309 e. The minimum atomic E-state index is -0.0335. The monoisotopic (exact) mass is 239 g/mol. The van der Waals surface area contributed by atoms with Gasteiger partial charge in [0.2, 0.25) is 11.8 Å². The molecule has 2 aliphatic rings. The minimum Gasteiger partial charge on any atom is -0.309 e. The number of likely N-dealkylation sites (tertiary alicyclic amines) is 1. The Morgan fingerprint density at radius 1 is 1.35 bits per heavy atom. The number of amides is 2. The lowest BCUT2D eigenvalue weighted by Gasteiger charge is -2.36. The fraction of sp³-hybridized carbons (Fsp3) is 0.833. The number of hydrogen-bond donors (Lipinski definition) is 1. The van der Waals surface area contributed by atoms with Crippen LogP contribution in [0.25, 0.3) is 0 Å². The topological polar surface area (TPSA) is 52.7 Å². The second-order valence-electron chi connectivity index (χ2n) is 5.21. The molecule has 2 unspecified atom stereocenters. The first-order valence-corrected chi connectivity index (χ1v) is 6.38. The Hall–Kier alpha value is -0.940. The summed E-state index contributed by atoms with van der Waals surface area (Å²) in [6.45, 7) is 6.97. The summed E-state index contributed by atoms with van der Waals surface area (Å²) in [6, 6.07) is 0.807. The number of rotatable bonds is 2. The van der Waals surface area contributed by atoms with Crippen LogP contribution in [0.2, 0.25) is 0 Å². The number of nitrogens with one attached hydrogen (secondary N) is 1. The van der Waals surface area contributed by atoms with Gasteiger partial charge in [0.1, 0.15) is 0 Å². The van der Waals surface area contributed by atoms with Gasteiger partial charge in [-0.25, -0.2) is 0 Å². The van der Waals surface area contributed by atoms with Gasteiger partial charge in [0.25, 0.3) is 0 Å². The van der Waals surface area contributed by atoms with Crippen molar-refractivity contribution < 1.29 is 9.59 Å². The van der Waals surface area contributed by atoms with Crippen LogP contribution in [0.1, 0.15) is 26.7 Å². The van der Waals surface area contributed by atoms with Crippen molar-refractivity contribution in [1.82, 2.24) is 15.1 Å². The van der Waals surface area contributed by atoms with Gasteiger partial charge >= 0.3 is 0 Å². The number of imide groups is 1. The van der Waals surface area contributed by atoms with Gasteiger partial charge in [0.05, 0.1) is 6.54 Å². The van der Waals surface area contributed by atoms with Crippen molar-refractivity contribution in [3.63, 3.8) is 0 Å². The van der Waals surface area contributed by atoms with Gasteiger partial charge in [0.15, 0.2) is 0 Å². The van der Waals surface area contributed by atoms with Gasteiger partial charge in [-0.05, 0) is 20.3 Å². The third-order valence-electron chi connectivity index (χ3n) is 3.37. The van der Waals surface area contributed by atoms with Crippen LogP contribution in [0.5, 0.6) is 0 Å². The summed E-state index contributed by atoms with van der Waals surface area (Å²) in [6.07, 6.45) is 1.35. The van der Waals surface area contributed by atoms with E-state index in [1.807, 2.05) is 0 Å². The van der Waals surface area contributed by atoms with Gasteiger partial charge in [-0.15, -0.1) is 0 Å². The highest BCUT2D eigenvalue weighted by atomic mass is 16.2. The predicted molar refractivity (Wildman–Crippen MR) is 64.5 cm³/mol. The fourth-order valence-electron chi connectivity index (χ4n) is 2.76. The smallest absolute Gasteiger partial charge is 0.243 e. The molecule has 5 heteroatoms. The molecule has 0 aromatic rings. The second-order valence-corrected chi connectivity index (χ2v) is 5.21. The Bertz CT molecular complexity index is 309. The van der Waals surface area contributed by atoms with Gasteiger partial charge in [-0.2, -0.15) is 0 Å². The van der Waals surface area contributed by atoms with Crippen LogP contribution in [0.4, 0.5) is 0 Å². The number of carbonyl (C=O) groups is 2. The first-order valence-electron chi connectivity index (χ1n) is 6.38. The quantitative estimate of drug-likeness (QED) is 0.726. The van der Waals surface area contributed by atoms with Crippen LogP contribution in [0, 0.1) is 0 Å². The van der Waals surface area contributed by atoms with E-state index >= 15 is 0 Å². The summed E-state index contributed by atoms with van der Waals surface area (Å²) >= 11 is 0. The normalized spacial score (nSPS) is 30.9. The molecular weight excluding hydrogens is 218 g/mol. The van der Waals surface area contributed by atoms with Crippen molar-refractivity contribution in [2.24, 2.45) is 0 Å². The molecule has 0 aliphatic carbocycles. The van der Waals surface area contributed by atoms with Crippen LogP contribution in [0.15, 0.2) is 0 Å². The molecular formula is C12H21N3O2. The number of piperazine rings is 1. The maximum absolute atomic E-state index is 12.0. The van der Waals surface area contributed by atoms with Crippen molar-refractivity contribution >= 4 is 11.8 Å². The van der Waals surface area contributed by atoms with E-state index in [2.05, 4.69) is 24.1 Å². The Balaban J connectivity index is 1.87. The molecule has 1 N–H and O–H groups in total. The molecule has 0 bridgehead atoms. The van der Waals surface area contributed by atoms with E-state index in [0.717, 1.165) is 19.5 Å². The van der Waals surface area contributed by atoms with Crippen LogP contribution in [-0.2, 0) is 9.59 Å². The number of hydrogen-bond acceptors (Lipinski definition) is 4. The molecule has 17 heavy (non-hydrogen) atoms. The summed E-state index contributed by atoms with van der Waals surface area (Å²) in [4.78, 5) is 27.0. The maximum Gasteiger partial charge on any atom is 0.243 e. The fourth-order valence-corrected chi connectivity index (χ4v) is 2.76. The van der Waals surface area contributed by atoms with E-state index in [-0.39, 0.29) is 11.8 Å². The van der Waals surface area contributed by atoms with Gasteiger partial charge in [-0.3, -0.25) is 19.4 Å². The zero-order valence-corrected chi connectivity index (χ0v) is 10.6. The Morgan fingerprint density at radius 2 is 2.00 bits per heavy atom. The van der Waals surface area contributed by atoms with Crippen molar-refractivity contribution in [1.29, 1.82) is 0 Å². The molecule has 2 rings (SSSR count). The molecule has 2 atom stereocenters. The molecule has 0 spiro atoms. The van der Waals surface area contributed by atoms with Crippen LogP contribution < -0.4 is 5.32 Å². The molecule has 0 aromatic heterocycles. The van der Waals surface area contributed by atoms with Gasteiger partial charge < -0.3 is 5.32 Å². The molecule has 0 saturated carbocycles. The van der Waals surface area contributed by atoms with Crippen molar-refractivity contribution in [3.05, 3.63) is 0 Å². The van der Waals surface area contributed by atoms with E-state index in [1.165, 1.54) is 4.90 Å². The van der Waals surface area contributed by atoms with E-state index in [9.17, 15) is 9.59 Å². The first kappa shape index (κ1) is 12.5. The standard InChI is InChI=1S/C12H21N3O2/c1-9-6-14(7-10(2)13-9)8-12(17)15-5-3-4-11(15)16/h9-10,13H,3-8H2,1-2H3. The summed E-state index contributed by atoms with van der Waals surface area (Å²) < 4.78 is 0. The van der Waals surface area contributed by atoms with Crippen molar-refractivity contribution in [2.45, 2.75) is 38.8 Å². The SMILES string of the molecule is CC1CN(CC(=O)N2CCCC2=O)CC(C)N1.